The minimum atomic E-state index is 0.483. The molecule has 1 aliphatic rings. The number of thiophene rings is 1. The van der Waals surface area contributed by atoms with Gasteiger partial charge in [0.1, 0.15) is 0 Å². The molecule has 16 heavy (non-hydrogen) atoms. The Morgan fingerprint density at radius 2 is 2.19 bits per heavy atom. The fraction of sp³-hybridized carbons (Fsp3) is 0.692. The molecule has 0 aromatic carbocycles. The monoisotopic (exact) mass is 301 g/mol. The first kappa shape index (κ1) is 12.6. The van der Waals surface area contributed by atoms with Gasteiger partial charge >= 0.3 is 0 Å². The van der Waals surface area contributed by atoms with Gasteiger partial charge in [0.2, 0.25) is 0 Å². The predicted octanol–water partition coefficient (Wildman–Crippen LogP) is 4.74. The summed E-state index contributed by atoms with van der Waals surface area (Å²) in [5, 5.41) is 5.83. The SMILES string of the molecule is CC(NCC1CCCCC1)c1sccc1Br. The molecule has 0 saturated heterocycles. The molecule has 0 spiro atoms. The third kappa shape index (κ3) is 3.31. The minimum Gasteiger partial charge on any atom is -0.309 e. The molecule has 1 fully saturated rings. The maximum atomic E-state index is 3.68. The fourth-order valence-corrected chi connectivity index (χ4v) is 4.19. The molecule has 2 rings (SSSR count). The molecular weight excluding hydrogens is 282 g/mol. The highest BCUT2D eigenvalue weighted by Gasteiger charge is 2.16. The molecule has 0 bridgehead atoms. The van der Waals surface area contributed by atoms with Gasteiger partial charge in [0.05, 0.1) is 0 Å². The Morgan fingerprint density at radius 1 is 1.44 bits per heavy atom. The second-order valence-corrected chi connectivity index (χ2v) is 6.57. The third-order valence-corrected chi connectivity index (χ3v) is 5.53. The van der Waals surface area contributed by atoms with E-state index < -0.39 is 0 Å². The summed E-state index contributed by atoms with van der Waals surface area (Å²) < 4.78 is 1.25. The van der Waals surface area contributed by atoms with Crippen molar-refractivity contribution in [1.82, 2.24) is 5.32 Å². The Morgan fingerprint density at radius 3 is 2.81 bits per heavy atom. The van der Waals surface area contributed by atoms with Gasteiger partial charge < -0.3 is 5.32 Å². The van der Waals surface area contributed by atoms with Crippen molar-refractivity contribution in [2.45, 2.75) is 45.1 Å². The van der Waals surface area contributed by atoms with Crippen LogP contribution in [0.5, 0.6) is 0 Å². The second kappa shape index (κ2) is 6.18. The summed E-state index contributed by atoms with van der Waals surface area (Å²) in [5.41, 5.74) is 0. The second-order valence-electron chi connectivity index (χ2n) is 4.77. The Balaban J connectivity index is 1.79. The zero-order valence-corrected chi connectivity index (χ0v) is 12.2. The summed E-state index contributed by atoms with van der Waals surface area (Å²) in [6, 6.07) is 2.62. The molecule has 0 amide bonds. The van der Waals surface area contributed by atoms with E-state index in [1.165, 1.54) is 48.0 Å². The molecular formula is C13H20BrNS. The minimum absolute atomic E-state index is 0.483. The predicted molar refractivity (Wildman–Crippen MR) is 75.0 cm³/mol. The molecule has 0 aliphatic heterocycles. The van der Waals surface area contributed by atoms with Crippen molar-refractivity contribution in [3.8, 4) is 0 Å². The first-order valence-electron chi connectivity index (χ1n) is 6.23. The van der Waals surface area contributed by atoms with Crippen LogP contribution >= 0.6 is 27.3 Å². The van der Waals surface area contributed by atoms with Crippen molar-refractivity contribution < 1.29 is 0 Å². The molecule has 1 nitrogen and oxygen atoms in total. The van der Waals surface area contributed by atoms with Crippen LogP contribution in [0.2, 0.25) is 0 Å². The van der Waals surface area contributed by atoms with Gasteiger partial charge in [-0.05, 0) is 59.6 Å². The molecule has 1 aliphatic carbocycles. The fourth-order valence-electron chi connectivity index (χ4n) is 2.44. The molecule has 1 atom stereocenters. The average molecular weight is 302 g/mol. The van der Waals surface area contributed by atoms with Crippen LogP contribution in [0, 0.1) is 5.92 Å². The van der Waals surface area contributed by atoms with Crippen molar-refractivity contribution in [2.75, 3.05) is 6.54 Å². The van der Waals surface area contributed by atoms with Gasteiger partial charge in [-0.25, -0.2) is 0 Å². The zero-order chi connectivity index (χ0) is 11.4. The van der Waals surface area contributed by atoms with Crippen LogP contribution in [0.3, 0.4) is 0 Å². The lowest BCUT2D eigenvalue weighted by Crippen LogP contribution is -2.26. The van der Waals surface area contributed by atoms with E-state index in [4.69, 9.17) is 0 Å². The lowest BCUT2D eigenvalue weighted by atomic mass is 9.89. The Bertz CT molecular complexity index is 317. The van der Waals surface area contributed by atoms with Crippen LogP contribution in [0.1, 0.15) is 49.9 Å². The first-order chi connectivity index (χ1) is 7.77. The highest BCUT2D eigenvalue weighted by Crippen LogP contribution is 2.29. The molecule has 1 aromatic heterocycles. The van der Waals surface area contributed by atoms with Crippen LogP contribution in [0.25, 0.3) is 0 Å². The number of hydrogen-bond donors (Lipinski definition) is 1. The molecule has 90 valence electrons. The van der Waals surface area contributed by atoms with Crippen molar-refractivity contribution in [3.63, 3.8) is 0 Å². The number of nitrogens with one attached hydrogen (secondary N) is 1. The molecule has 0 radical (unpaired) electrons. The van der Waals surface area contributed by atoms with E-state index in [1.807, 2.05) is 11.3 Å². The largest absolute Gasteiger partial charge is 0.309 e. The van der Waals surface area contributed by atoms with Gasteiger partial charge in [-0.3, -0.25) is 0 Å². The summed E-state index contributed by atoms with van der Waals surface area (Å²) in [6.07, 6.45) is 7.16. The number of rotatable bonds is 4. The summed E-state index contributed by atoms with van der Waals surface area (Å²) in [6.45, 7) is 3.45. The molecule has 1 aromatic rings. The number of hydrogen-bond acceptors (Lipinski definition) is 2. The molecule has 1 heterocycles. The summed E-state index contributed by atoms with van der Waals surface area (Å²) in [4.78, 5) is 1.43. The quantitative estimate of drug-likeness (QED) is 0.847. The summed E-state index contributed by atoms with van der Waals surface area (Å²) >= 11 is 5.44. The van der Waals surface area contributed by atoms with Gasteiger partial charge in [-0.2, -0.15) is 0 Å². The van der Waals surface area contributed by atoms with Gasteiger partial charge in [0.15, 0.2) is 0 Å². The summed E-state index contributed by atoms with van der Waals surface area (Å²) in [7, 11) is 0. The van der Waals surface area contributed by atoms with E-state index in [9.17, 15) is 0 Å². The Hall–Kier alpha value is 0.140. The van der Waals surface area contributed by atoms with Crippen molar-refractivity contribution in [2.24, 2.45) is 5.92 Å². The lowest BCUT2D eigenvalue weighted by Gasteiger charge is -2.23. The van der Waals surface area contributed by atoms with Gasteiger partial charge in [0, 0.05) is 15.4 Å². The van der Waals surface area contributed by atoms with Crippen LogP contribution in [-0.4, -0.2) is 6.54 Å². The van der Waals surface area contributed by atoms with Crippen LogP contribution < -0.4 is 5.32 Å². The zero-order valence-electron chi connectivity index (χ0n) is 9.84. The molecule has 1 saturated carbocycles. The van der Waals surface area contributed by atoms with E-state index in [1.54, 1.807) is 0 Å². The van der Waals surface area contributed by atoms with Crippen LogP contribution in [0.4, 0.5) is 0 Å². The first-order valence-corrected chi connectivity index (χ1v) is 7.91. The maximum absolute atomic E-state index is 3.68. The van der Waals surface area contributed by atoms with Gasteiger partial charge in [-0.15, -0.1) is 11.3 Å². The highest BCUT2D eigenvalue weighted by molar-refractivity contribution is 9.10. The lowest BCUT2D eigenvalue weighted by molar-refractivity contribution is 0.332. The van der Waals surface area contributed by atoms with E-state index in [0.29, 0.717) is 6.04 Å². The smallest absolute Gasteiger partial charge is 0.0397 e. The van der Waals surface area contributed by atoms with E-state index in [0.717, 1.165) is 5.92 Å². The molecule has 3 heteroatoms. The van der Waals surface area contributed by atoms with Crippen LogP contribution in [0.15, 0.2) is 15.9 Å². The molecule has 1 unspecified atom stereocenters. The van der Waals surface area contributed by atoms with Crippen molar-refractivity contribution >= 4 is 27.3 Å². The highest BCUT2D eigenvalue weighted by atomic mass is 79.9. The standard InChI is InChI=1S/C13H20BrNS/c1-10(13-12(14)7-8-16-13)15-9-11-5-3-2-4-6-11/h7-8,10-11,15H,2-6,9H2,1H3. The Kier molecular flexibility index (Phi) is 4.86. The van der Waals surface area contributed by atoms with Crippen molar-refractivity contribution in [1.29, 1.82) is 0 Å². The Labute approximate surface area is 111 Å². The van der Waals surface area contributed by atoms with Gasteiger partial charge in [0.25, 0.3) is 0 Å². The topological polar surface area (TPSA) is 12.0 Å². The average Bonchev–Trinajstić information content (AvgIpc) is 2.74. The molecule has 1 N–H and O–H groups in total. The van der Waals surface area contributed by atoms with E-state index in [-0.39, 0.29) is 0 Å². The maximum Gasteiger partial charge on any atom is 0.0397 e. The van der Waals surface area contributed by atoms with Crippen molar-refractivity contribution in [3.05, 3.63) is 20.8 Å². The van der Waals surface area contributed by atoms with E-state index >= 15 is 0 Å². The van der Waals surface area contributed by atoms with Gasteiger partial charge in [-0.1, -0.05) is 19.3 Å². The normalized spacial score (nSPS) is 19.9. The summed E-state index contributed by atoms with van der Waals surface area (Å²) in [5.74, 6) is 0.912. The van der Waals surface area contributed by atoms with Crippen LogP contribution in [-0.2, 0) is 0 Å². The van der Waals surface area contributed by atoms with E-state index in [2.05, 4.69) is 39.6 Å². The third-order valence-electron chi connectivity index (χ3n) is 3.48. The number of halogens is 1.